The molecule has 21 heavy (non-hydrogen) atoms. The highest BCUT2D eigenvalue weighted by Crippen LogP contribution is 2.30. The molecule has 2 aromatic carbocycles. The number of methoxy groups -OCH3 is 1. The van der Waals surface area contributed by atoms with Gasteiger partial charge >= 0.3 is 5.97 Å². The van der Waals surface area contributed by atoms with Crippen molar-refractivity contribution in [2.75, 3.05) is 12.8 Å². The molecule has 0 fully saturated rings. The van der Waals surface area contributed by atoms with Crippen LogP contribution in [0.15, 0.2) is 41.3 Å². The summed E-state index contributed by atoms with van der Waals surface area (Å²) < 4.78 is 18.6. The van der Waals surface area contributed by atoms with E-state index in [9.17, 15) is 9.18 Å². The molecule has 110 valence electrons. The predicted octanol–water partition coefficient (Wildman–Crippen LogP) is 3.80. The van der Waals surface area contributed by atoms with Crippen molar-refractivity contribution in [2.45, 2.75) is 17.6 Å². The van der Waals surface area contributed by atoms with Crippen LogP contribution in [-0.4, -0.2) is 13.1 Å². The van der Waals surface area contributed by atoms with Crippen molar-refractivity contribution < 1.29 is 13.9 Å². The number of thioether (sulfide) groups is 1. The fraction of sp³-hybridized carbons (Fsp3) is 0.188. The van der Waals surface area contributed by atoms with Gasteiger partial charge in [-0.05, 0) is 30.2 Å². The van der Waals surface area contributed by atoms with E-state index in [-0.39, 0.29) is 11.3 Å². The van der Waals surface area contributed by atoms with Crippen molar-refractivity contribution in [1.82, 2.24) is 0 Å². The number of hydrogen-bond donors (Lipinski definition) is 1. The SMILES string of the molecule is COC(=O)c1cc(SCc2ccccc2C)c(F)cc1N. The second-order valence-electron chi connectivity index (χ2n) is 4.58. The van der Waals surface area contributed by atoms with E-state index in [2.05, 4.69) is 4.74 Å². The number of esters is 1. The van der Waals surface area contributed by atoms with Crippen LogP contribution in [0.1, 0.15) is 21.5 Å². The van der Waals surface area contributed by atoms with Crippen LogP contribution in [-0.2, 0) is 10.5 Å². The first-order valence-electron chi connectivity index (χ1n) is 6.37. The highest BCUT2D eigenvalue weighted by atomic mass is 32.2. The van der Waals surface area contributed by atoms with Crippen LogP contribution in [0.25, 0.3) is 0 Å². The summed E-state index contributed by atoms with van der Waals surface area (Å²) in [6, 6.07) is 10.5. The molecule has 2 rings (SSSR count). The van der Waals surface area contributed by atoms with Gasteiger partial charge < -0.3 is 10.5 Å². The topological polar surface area (TPSA) is 52.3 Å². The maximum Gasteiger partial charge on any atom is 0.339 e. The quantitative estimate of drug-likeness (QED) is 0.530. The van der Waals surface area contributed by atoms with Crippen LogP contribution in [0.5, 0.6) is 0 Å². The van der Waals surface area contributed by atoms with E-state index < -0.39 is 11.8 Å². The zero-order valence-corrected chi connectivity index (χ0v) is 12.7. The first-order chi connectivity index (χ1) is 10.0. The summed E-state index contributed by atoms with van der Waals surface area (Å²) in [7, 11) is 1.27. The van der Waals surface area contributed by atoms with Gasteiger partial charge in [-0.1, -0.05) is 24.3 Å². The predicted molar refractivity (Wildman–Crippen MR) is 82.9 cm³/mol. The zero-order valence-electron chi connectivity index (χ0n) is 11.9. The van der Waals surface area contributed by atoms with Gasteiger partial charge in [0.25, 0.3) is 0 Å². The van der Waals surface area contributed by atoms with Crippen LogP contribution >= 0.6 is 11.8 Å². The number of nitrogens with two attached hydrogens (primary N) is 1. The van der Waals surface area contributed by atoms with Crippen molar-refractivity contribution in [3.05, 3.63) is 58.9 Å². The third-order valence-corrected chi connectivity index (χ3v) is 4.23. The zero-order chi connectivity index (χ0) is 15.4. The molecular formula is C16H16FNO2S. The number of nitrogen functional groups attached to an aromatic ring is 1. The Morgan fingerprint density at radius 1 is 1.33 bits per heavy atom. The largest absolute Gasteiger partial charge is 0.465 e. The Kier molecular flexibility index (Phi) is 4.85. The van der Waals surface area contributed by atoms with Crippen LogP contribution < -0.4 is 5.73 Å². The summed E-state index contributed by atoms with van der Waals surface area (Å²) in [5.41, 5.74) is 8.19. The minimum atomic E-state index is -0.565. The lowest BCUT2D eigenvalue weighted by molar-refractivity contribution is 0.0601. The van der Waals surface area contributed by atoms with E-state index in [1.807, 2.05) is 31.2 Å². The molecule has 0 aliphatic rings. The molecule has 0 bridgehead atoms. The number of hydrogen-bond acceptors (Lipinski definition) is 4. The Morgan fingerprint density at radius 3 is 2.71 bits per heavy atom. The molecule has 0 heterocycles. The standard InChI is InChI=1S/C16H16FNO2S/c1-10-5-3-4-6-11(10)9-21-15-7-12(16(19)20-2)14(18)8-13(15)17/h3-8H,9,18H2,1-2H3. The highest BCUT2D eigenvalue weighted by Gasteiger charge is 2.15. The van der Waals surface area contributed by atoms with Gasteiger partial charge in [0, 0.05) is 16.3 Å². The summed E-state index contributed by atoms with van der Waals surface area (Å²) in [5, 5.41) is 0. The molecule has 0 aliphatic carbocycles. The lowest BCUT2D eigenvalue weighted by Gasteiger charge is -2.09. The van der Waals surface area contributed by atoms with Crippen LogP contribution in [0.4, 0.5) is 10.1 Å². The number of benzene rings is 2. The minimum absolute atomic E-state index is 0.0830. The fourth-order valence-corrected chi connectivity index (χ4v) is 2.93. The van der Waals surface area contributed by atoms with Gasteiger partial charge in [-0.2, -0.15) is 0 Å². The monoisotopic (exact) mass is 305 g/mol. The molecule has 0 saturated carbocycles. The molecular weight excluding hydrogens is 289 g/mol. The Bertz CT molecular complexity index is 673. The summed E-state index contributed by atoms with van der Waals surface area (Å²) in [6.07, 6.45) is 0. The molecule has 2 N–H and O–H groups in total. The van der Waals surface area contributed by atoms with Gasteiger partial charge in [-0.3, -0.25) is 0 Å². The maximum absolute atomic E-state index is 13.9. The van der Waals surface area contributed by atoms with Crippen molar-refractivity contribution in [1.29, 1.82) is 0 Å². The lowest BCUT2D eigenvalue weighted by atomic mass is 10.1. The number of carbonyl (C=O) groups is 1. The van der Waals surface area contributed by atoms with E-state index >= 15 is 0 Å². The van der Waals surface area contributed by atoms with E-state index in [0.717, 1.165) is 17.2 Å². The molecule has 5 heteroatoms. The molecule has 0 aliphatic heterocycles. The van der Waals surface area contributed by atoms with Crippen LogP contribution in [0, 0.1) is 12.7 Å². The molecule has 0 radical (unpaired) electrons. The third-order valence-electron chi connectivity index (χ3n) is 3.15. The second kappa shape index (κ2) is 6.63. The number of ether oxygens (including phenoxy) is 1. The van der Waals surface area contributed by atoms with Crippen molar-refractivity contribution in [2.24, 2.45) is 0 Å². The van der Waals surface area contributed by atoms with E-state index in [1.54, 1.807) is 0 Å². The molecule has 0 saturated heterocycles. The molecule has 2 aromatic rings. The molecule has 0 atom stereocenters. The molecule has 0 aromatic heterocycles. The highest BCUT2D eigenvalue weighted by molar-refractivity contribution is 7.98. The number of carbonyl (C=O) groups excluding carboxylic acids is 1. The van der Waals surface area contributed by atoms with Gasteiger partial charge in [0.05, 0.1) is 12.7 Å². The minimum Gasteiger partial charge on any atom is -0.465 e. The van der Waals surface area contributed by atoms with Gasteiger partial charge in [0.1, 0.15) is 5.82 Å². The third kappa shape index (κ3) is 3.55. The van der Waals surface area contributed by atoms with Gasteiger partial charge in [-0.25, -0.2) is 9.18 Å². The van der Waals surface area contributed by atoms with E-state index in [4.69, 9.17) is 5.73 Å². The number of anilines is 1. The number of aryl methyl sites for hydroxylation is 1. The Labute approximate surface area is 127 Å². The van der Waals surface area contributed by atoms with Crippen LogP contribution in [0.3, 0.4) is 0 Å². The Hall–Kier alpha value is -2.01. The first kappa shape index (κ1) is 15.4. The molecule has 0 unspecified atom stereocenters. The molecule has 3 nitrogen and oxygen atoms in total. The molecule has 0 amide bonds. The normalized spacial score (nSPS) is 10.4. The van der Waals surface area contributed by atoms with Crippen molar-refractivity contribution >= 4 is 23.4 Å². The van der Waals surface area contributed by atoms with Gasteiger partial charge in [0.2, 0.25) is 0 Å². The van der Waals surface area contributed by atoms with Crippen molar-refractivity contribution in [3.63, 3.8) is 0 Å². The summed E-state index contributed by atoms with van der Waals surface area (Å²) in [6.45, 7) is 2.01. The van der Waals surface area contributed by atoms with E-state index in [0.29, 0.717) is 10.6 Å². The smallest absolute Gasteiger partial charge is 0.339 e. The average Bonchev–Trinajstić information content (AvgIpc) is 2.47. The summed E-state index contributed by atoms with van der Waals surface area (Å²) >= 11 is 1.33. The Morgan fingerprint density at radius 2 is 2.05 bits per heavy atom. The Balaban J connectivity index is 2.24. The van der Waals surface area contributed by atoms with Gasteiger partial charge in [0.15, 0.2) is 0 Å². The number of rotatable bonds is 4. The average molecular weight is 305 g/mol. The van der Waals surface area contributed by atoms with E-state index in [1.165, 1.54) is 24.9 Å². The fourth-order valence-electron chi connectivity index (χ4n) is 1.89. The first-order valence-corrected chi connectivity index (χ1v) is 7.36. The second-order valence-corrected chi connectivity index (χ2v) is 5.59. The summed E-state index contributed by atoms with van der Waals surface area (Å²) in [5.74, 6) is -0.377. The van der Waals surface area contributed by atoms with Gasteiger partial charge in [-0.15, -0.1) is 11.8 Å². The number of halogens is 1. The summed E-state index contributed by atoms with van der Waals surface area (Å²) in [4.78, 5) is 12.0. The lowest BCUT2D eigenvalue weighted by Crippen LogP contribution is -2.06. The molecule has 0 spiro atoms. The maximum atomic E-state index is 13.9. The van der Waals surface area contributed by atoms with Crippen LogP contribution in [0.2, 0.25) is 0 Å². The van der Waals surface area contributed by atoms with Crippen molar-refractivity contribution in [3.8, 4) is 0 Å².